The van der Waals surface area contributed by atoms with Crippen LogP contribution >= 0.6 is 0 Å². The van der Waals surface area contributed by atoms with Gasteiger partial charge in [0.05, 0.1) is 12.0 Å². The summed E-state index contributed by atoms with van der Waals surface area (Å²) < 4.78 is 4.91. The van der Waals surface area contributed by atoms with Crippen molar-refractivity contribution in [2.24, 2.45) is 5.92 Å². The molecule has 0 fully saturated rings. The minimum absolute atomic E-state index is 0.0292. The van der Waals surface area contributed by atoms with Crippen molar-refractivity contribution < 1.29 is 14.8 Å². The smallest absolute Gasteiger partial charge is 0.247 e. The molecule has 18 heavy (non-hydrogen) atoms. The number of nitro groups is 1. The second-order valence-electron chi connectivity index (χ2n) is 4.42. The van der Waals surface area contributed by atoms with Gasteiger partial charge in [-0.05, 0) is 23.6 Å². The van der Waals surface area contributed by atoms with Crippen LogP contribution < -0.4 is 4.74 Å². The Hall–Kier alpha value is -2.04. The van der Waals surface area contributed by atoms with Crippen LogP contribution in [0.3, 0.4) is 0 Å². The number of phenolic OH excluding ortho intramolecular Hbond substituents is 1. The van der Waals surface area contributed by atoms with Crippen LogP contribution in [0.2, 0.25) is 0 Å². The Labute approximate surface area is 106 Å². The molecular formula is C13H17NO4. The van der Waals surface area contributed by atoms with Crippen LogP contribution in [0.4, 0.5) is 0 Å². The fraction of sp³-hybridized carbons (Fsp3) is 0.385. The van der Waals surface area contributed by atoms with E-state index in [0.717, 1.165) is 0 Å². The first-order valence-electron chi connectivity index (χ1n) is 5.66. The summed E-state index contributed by atoms with van der Waals surface area (Å²) in [5, 5.41) is 20.5. The molecular weight excluding hydrogens is 234 g/mol. The molecule has 5 heteroatoms. The Morgan fingerprint density at radius 1 is 1.56 bits per heavy atom. The molecule has 1 N–H and O–H groups in total. The first kappa shape index (κ1) is 14.0. The molecule has 98 valence electrons. The highest BCUT2D eigenvalue weighted by Crippen LogP contribution is 2.27. The zero-order valence-corrected chi connectivity index (χ0v) is 10.7. The predicted octanol–water partition coefficient (Wildman–Crippen LogP) is 3.06. The maximum atomic E-state index is 10.9. The lowest BCUT2D eigenvalue weighted by Gasteiger charge is -2.05. The Balaban J connectivity index is 3.04. The lowest BCUT2D eigenvalue weighted by atomic mass is 10.1. The van der Waals surface area contributed by atoms with Gasteiger partial charge in [-0.25, -0.2) is 0 Å². The fourth-order valence-electron chi connectivity index (χ4n) is 1.59. The van der Waals surface area contributed by atoms with Crippen LogP contribution in [-0.4, -0.2) is 17.1 Å². The summed E-state index contributed by atoms with van der Waals surface area (Å²) in [5.41, 5.74) is 0.718. The Morgan fingerprint density at radius 2 is 2.22 bits per heavy atom. The molecule has 0 saturated heterocycles. The maximum absolute atomic E-state index is 10.9. The van der Waals surface area contributed by atoms with E-state index in [1.807, 2.05) is 13.8 Å². The summed E-state index contributed by atoms with van der Waals surface area (Å²) in [6.07, 6.45) is 1.86. The van der Waals surface area contributed by atoms with E-state index in [9.17, 15) is 15.2 Å². The van der Waals surface area contributed by atoms with Crippen LogP contribution in [0.15, 0.2) is 23.9 Å². The van der Waals surface area contributed by atoms with Gasteiger partial charge in [0.15, 0.2) is 11.5 Å². The second-order valence-corrected chi connectivity index (χ2v) is 4.42. The standard InChI is InChI=1S/C13H17NO4/c1-9(2)6-11(14(16)17)7-10-4-5-13(18-3)12(15)8-10/h4-5,7-9,15H,6H2,1-3H3. The maximum Gasteiger partial charge on any atom is 0.247 e. The van der Waals surface area contributed by atoms with Gasteiger partial charge in [-0.15, -0.1) is 0 Å². The van der Waals surface area contributed by atoms with E-state index in [2.05, 4.69) is 0 Å². The van der Waals surface area contributed by atoms with Crippen LogP contribution in [0.25, 0.3) is 6.08 Å². The molecule has 1 aromatic carbocycles. The van der Waals surface area contributed by atoms with E-state index in [1.54, 1.807) is 12.1 Å². The lowest BCUT2D eigenvalue weighted by molar-refractivity contribution is -0.427. The minimum atomic E-state index is -0.388. The number of aromatic hydroxyl groups is 1. The Morgan fingerprint density at radius 3 is 2.67 bits per heavy atom. The second kappa shape index (κ2) is 6.05. The third kappa shape index (κ3) is 3.76. The third-order valence-corrected chi connectivity index (χ3v) is 2.39. The van der Waals surface area contributed by atoms with Gasteiger partial charge in [0, 0.05) is 12.5 Å². The van der Waals surface area contributed by atoms with E-state index < -0.39 is 0 Å². The summed E-state index contributed by atoms with van der Waals surface area (Å²) in [5.74, 6) is 0.519. The van der Waals surface area contributed by atoms with Gasteiger partial charge in [-0.1, -0.05) is 19.9 Å². The number of benzene rings is 1. The zero-order valence-electron chi connectivity index (χ0n) is 10.7. The van der Waals surface area contributed by atoms with E-state index in [-0.39, 0.29) is 22.3 Å². The largest absolute Gasteiger partial charge is 0.504 e. The molecule has 0 atom stereocenters. The first-order chi connectivity index (χ1) is 8.43. The van der Waals surface area contributed by atoms with Crippen LogP contribution in [0, 0.1) is 16.0 Å². The van der Waals surface area contributed by atoms with Crippen molar-refractivity contribution >= 4 is 6.08 Å². The van der Waals surface area contributed by atoms with Gasteiger partial charge < -0.3 is 9.84 Å². The number of allylic oxidation sites excluding steroid dienone is 1. The molecule has 1 rings (SSSR count). The highest BCUT2D eigenvalue weighted by Gasteiger charge is 2.13. The molecule has 0 spiro atoms. The summed E-state index contributed by atoms with van der Waals surface area (Å²) in [6.45, 7) is 3.84. The summed E-state index contributed by atoms with van der Waals surface area (Å²) in [7, 11) is 1.45. The summed E-state index contributed by atoms with van der Waals surface area (Å²) >= 11 is 0. The lowest BCUT2D eigenvalue weighted by Crippen LogP contribution is -2.02. The number of methoxy groups -OCH3 is 1. The van der Waals surface area contributed by atoms with E-state index in [4.69, 9.17) is 4.74 Å². The Bertz CT molecular complexity index is 466. The number of rotatable bonds is 5. The molecule has 0 unspecified atom stereocenters. The molecule has 1 aromatic rings. The fourth-order valence-corrected chi connectivity index (χ4v) is 1.59. The predicted molar refractivity (Wildman–Crippen MR) is 69.1 cm³/mol. The SMILES string of the molecule is COc1ccc(C=C(CC(C)C)[N+](=O)[O-])cc1O. The van der Waals surface area contributed by atoms with Crippen molar-refractivity contribution in [3.63, 3.8) is 0 Å². The van der Waals surface area contributed by atoms with Gasteiger partial charge in [-0.2, -0.15) is 0 Å². The molecule has 5 nitrogen and oxygen atoms in total. The third-order valence-electron chi connectivity index (χ3n) is 2.39. The van der Waals surface area contributed by atoms with Gasteiger partial charge >= 0.3 is 0 Å². The van der Waals surface area contributed by atoms with Crippen LogP contribution in [-0.2, 0) is 0 Å². The van der Waals surface area contributed by atoms with Crippen molar-refractivity contribution in [1.82, 2.24) is 0 Å². The summed E-state index contributed by atoms with van der Waals surface area (Å²) in [6, 6.07) is 4.69. The number of nitrogens with zero attached hydrogens (tertiary/aromatic N) is 1. The molecule has 0 radical (unpaired) electrons. The number of ether oxygens (including phenoxy) is 1. The number of phenols is 1. The topological polar surface area (TPSA) is 72.6 Å². The van der Waals surface area contributed by atoms with E-state index >= 15 is 0 Å². The van der Waals surface area contributed by atoms with Gasteiger partial charge in [0.2, 0.25) is 5.70 Å². The molecule has 0 saturated carbocycles. The quantitative estimate of drug-likeness (QED) is 0.644. The van der Waals surface area contributed by atoms with Crippen molar-refractivity contribution in [2.45, 2.75) is 20.3 Å². The van der Waals surface area contributed by atoms with Gasteiger partial charge in [-0.3, -0.25) is 10.1 Å². The van der Waals surface area contributed by atoms with Crippen molar-refractivity contribution in [2.75, 3.05) is 7.11 Å². The normalized spacial score (nSPS) is 11.7. The summed E-state index contributed by atoms with van der Waals surface area (Å²) in [4.78, 5) is 10.5. The van der Waals surface area contributed by atoms with Crippen molar-refractivity contribution in [3.05, 3.63) is 39.6 Å². The van der Waals surface area contributed by atoms with Crippen molar-refractivity contribution in [3.8, 4) is 11.5 Å². The zero-order chi connectivity index (χ0) is 13.7. The molecule has 0 heterocycles. The molecule has 0 aliphatic carbocycles. The van der Waals surface area contributed by atoms with Gasteiger partial charge in [0.1, 0.15) is 0 Å². The average Bonchev–Trinajstić information content (AvgIpc) is 2.27. The molecule has 0 bridgehead atoms. The van der Waals surface area contributed by atoms with E-state index in [1.165, 1.54) is 19.3 Å². The Kier molecular flexibility index (Phi) is 4.71. The number of hydrogen-bond donors (Lipinski definition) is 1. The molecule has 0 aliphatic rings. The van der Waals surface area contributed by atoms with Crippen molar-refractivity contribution in [1.29, 1.82) is 0 Å². The number of hydrogen-bond acceptors (Lipinski definition) is 4. The van der Waals surface area contributed by atoms with Crippen LogP contribution in [0.5, 0.6) is 11.5 Å². The highest BCUT2D eigenvalue weighted by atomic mass is 16.6. The minimum Gasteiger partial charge on any atom is -0.504 e. The van der Waals surface area contributed by atoms with E-state index in [0.29, 0.717) is 17.7 Å². The highest BCUT2D eigenvalue weighted by molar-refractivity contribution is 5.56. The molecule has 0 aromatic heterocycles. The van der Waals surface area contributed by atoms with Crippen LogP contribution in [0.1, 0.15) is 25.8 Å². The molecule has 0 aliphatic heterocycles. The van der Waals surface area contributed by atoms with Gasteiger partial charge in [0.25, 0.3) is 0 Å². The molecule has 0 amide bonds. The average molecular weight is 251 g/mol. The first-order valence-corrected chi connectivity index (χ1v) is 5.66. The monoisotopic (exact) mass is 251 g/mol.